The lowest BCUT2D eigenvalue weighted by Crippen LogP contribution is -1.55. The normalized spacial score (nSPS) is 14.0. The third kappa shape index (κ3) is 3.39. The topological polar surface area (TPSA) is 0 Å². The highest BCUT2D eigenvalue weighted by Gasteiger charge is 1.80. The predicted octanol–water partition coefficient (Wildman–Crippen LogP) is 3.11. The molecule has 0 heterocycles. The smallest absolute Gasteiger partial charge is 0.00353 e. The minimum absolute atomic E-state index is 1.38. The van der Waals surface area contributed by atoms with Gasteiger partial charge in [-0.25, -0.2) is 0 Å². The highest BCUT2D eigenvalue weighted by Crippen LogP contribution is 2.15. The maximum atomic E-state index is 2.30. The summed E-state index contributed by atoms with van der Waals surface area (Å²) < 4.78 is 2.77. The molecule has 0 nitrogen and oxygen atoms in total. The first-order chi connectivity index (χ1) is 2.64. The summed E-state index contributed by atoms with van der Waals surface area (Å²) >= 11 is 4.61. The number of hydrogen-bond acceptors (Lipinski definition) is 0. The first-order valence-corrected chi connectivity index (χ1v) is 3.79. The van der Waals surface area contributed by atoms with Gasteiger partial charge < -0.3 is 0 Å². The predicted molar refractivity (Wildman–Crippen MR) is 46.4 cm³/mol. The number of halogens is 2. The molecule has 0 rings (SSSR count). The molecule has 0 aliphatic carbocycles. The van der Waals surface area contributed by atoms with Crippen molar-refractivity contribution >= 4 is 45.2 Å². The van der Waals surface area contributed by atoms with Crippen molar-refractivity contribution in [1.82, 2.24) is 0 Å². The monoisotopic (exact) mass is 308 g/mol. The molecule has 0 atom stereocenters. The minimum Gasteiger partial charge on any atom is -0.0487 e. The van der Waals surface area contributed by atoms with Gasteiger partial charge in [-0.15, -0.1) is 0 Å². The molecule has 0 fully saturated rings. The van der Waals surface area contributed by atoms with Crippen molar-refractivity contribution < 1.29 is 0 Å². The average molecular weight is 308 g/mol. The molecule has 0 aromatic rings. The maximum absolute atomic E-state index is 2.30. The van der Waals surface area contributed by atoms with Crippen molar-refractivity contribution in [2.75, 3.05) is 0 Å². The van der Waals surface area contributed by atoms with Gasteiger partial charge in [-0.3, -0.25) is 0 Å². The fourth-order valence-electron chi connectivity index (χ4n) is 0. The van der Waals surface area contributed by atoms with Gasteiger partial charge in [-0.1, -0.05) is 0 Å². The fourth-order valence-corrected chi connectivity index (χ4v) is 0. The van der Waals surface area contributed by atoms with E-state index in [1.807, 2.05) is 0 Å². The van der Waals surface area contributed by atoms with Crippen molar-refractivity contribution in [2.45, 2.75) is 13.8 Å². The standard InChI is InChI=1S/C4H6I2/c1-3(5)4(2)6/h1-2H3. The molecule has 6 heavy (non-hydrogen) atoms. The van der Waals surface area contributed by atoms with E-state index in [1.165, 1.54) is 7.16 Å². The number of hydrogen-bond donors (Lipinski definition) is 0. The molecular formula is C4H6I2. The van der Waals surface area contributed by atoms with E-state index < -0.39 is 0 Å². The Bertz CT molecular complexity index is 55.6. The summed E-state index contributed by atoms with van der Waals surface area (Å²) in [7, 11) is 0. The van der Waals surface area contributed by atoms with Crippen LogP contribution in [0.3, 0.4) is 0 Å². The zero-order valence-corrected chi connectivity index (χ0v) is 8.07. The zero-order chi connectivity index (χ0) is 5.15. The van der Waals surface area contributed by atoms with E-state index >= 15 is 0 Å². The summed E-state index contributed by atoms with van der Waals surface area (Å²) in [6, 6.07) is 0. The van der Waals surface area contributed by atoms with E-state index in [2.05, 4.69) is 59.0 Å². The van der Waals surface area contributed by atoms with E-state index in [1.54, 1.807) is 0 Å². The average Bonchev–Trinajstić information content (AvgIpc) is 1.36. The van der Waals surface area contributed by atoms with Gasteiger partial charge >= 0.3 is 0 Å². The van der Waals surface area contributed by atoms with E-state index in [4.69, 9.17) is 0 Å². The summed E-state index contributed by atoms with van der Waals surface area (Å²) in [4.78, 5) is 0. The first-order valence-electron chi connectivity index (χ1n) is 1.63. The fraction of sp³-hybridized carbons (Fsp3) is 0.500. The number of rotatable bonds is 0. The van der Waals surface area contributed by atoms with Crippen LogP contribution >= 0.6 is 45.2 Å². The van der Waals surface area contributed by atoms with E-state index in [0.29, 0.717) is 0 Å². The molecule has 2 heteroatoms. The van der Waals surface area contributed by atoms with Crippen LogP contribution in [0.4, 0.5) is 0 Å². The Morgan fingerprint density at radius 3 is 1.17 bits per heavy atom. The van der Waals surface area contributed by atoms with Gasteiger partial charge in [0.15, 0.2) is 0 Å². The Morgan fingerprint density at radius 1 is 1.00 bits per heavy atom. The van der Waals surface area contributed by atoms with Crippen LogP contribution in [0.2, 0.25) is 0 Å². The molecule has 0 bridgehead atoms. The molecule has 0 N–H and O–H groups in total. The molecule has 0 aliphatic rings. The van der Waals surface area contributed by atoms with Crippen molar-refractivity contribution in [1.29, 1.82) is 0 Å². The van der Waals surface area contributed by atoms with Gasteiger partial charge in [0.05, 0.1) is 0 Å². The minimum atomic E-state index is 1.38. The highest BCUT2D eigenvalue weighted by molar-refractivity contribution is 14.1. The second-order valence-electron chi connectivity index (χ2n) is 1.07. The van der Waals surface area contributed by atoms with Crippen molar-refractivity contribution in [3.8, 4) is 0 Å². The van der Waals surface area contributed by atoms with Gasteiger partial charge in [0, 0.05) is 0 Å². The summed E-state index contributed by atoms with van der Waals surface area (Å²) in [5.41, 5.74) is 0. The van der Waals surface area contributed by atoms with E-state index in [-0.39, 0.29) is 0 Å². The van der Waals surface area contributed by atoms with Crippen molar-refractivity contribution in [2.24, 2.45) is 0 Å². The molecule has 36 valence electrons. The second kappa shape index (κ2) is 3.23. The second-order valence-corrected chi connectivity index (χ2v) is 4.30. The summed E-state index contributed by atoms with van der Waals surface area (Å²) in [5.74, 6) is 0. The van der Waals surface area contributed by atoms with Crippen LogP contribution in [0.5, 0.6) is 0 Å². The van der Waals surface area contributed by atoms with Crippen LogP contribution in [0, 0.1) is 0 Å². The molecule has 0 saturated heterocycles. The quantitative estimate of drug-likeness (QED) is 0.603. The molecule has 0 spiro atoms. The van der Waals surface area contributed by atoms with Crippen LogP contribution in [-0.2, 0) is 0 Å². The Hall–Kier alpha value is 1.20. The lowest BCUT2D eigenvalue weighted by Gasteiger charge is -1.83. The van der Waals surface area contributed by atoms with E-state index in [9.17, 15) is 0 Å². The summed E-state index contributed by atoms with van der Waals surface area (Å²) in [5, 5.41) is 0. The molecule has 0 aromatic heterocycles. The van der Waals surface area contributed by atoms with Gasteiger partial charge in [0.1, 0.15) is 0 Å². The van der Waals surface area contributed by atoms with Crippen molar-refractivity contribution in [3.05, 3.63) is 7.16 Å². The molecule has 0 radical (unpaired) electrons. The highest BCUT2D eigenvalue weighted by atomic mass is 127. The Morgan fingerprint density at radius 2 is 1.17 bits per heavy atom. The molecule has 0 aliphatic heterocycles. The lowest BCUT2D eigenvalue weighted by molar-refractivity contribution is 1.61. The SMILES string of the molecule is CC(I)=C(C)I. The first kappa shape index (κ1) is 7.20. The largest absolute Gasteiger partial charge is 0.0487 e. The van der Waals surface area contributed by atoms with Crippen LogP contribution in [0.15, 0.2) is 7.16 Å². The number of allylic oxidation sites excluding steroid dienone is 2. The zero-order valence-electron chi connectivity index (χ0n) is 3.76. The van der Waals surface area contributed by atoms with Gasteiger partial charge in [0.2, 0.25) is 0 Å². The van der Waals surface area contributed by atoms with Gasteiger partial charge in [-0.2, -0.15) is 0 Å². The summed E-state index contributed by atoms with van der Waals surface area (Å²) in [6.45, 7) is 4.20. The van der Waals surface area contributed by atoms with Crippen molar-refractivity contribution in [3.63, 3.8) is 0 Å². The third-order valence-corrected chi connectivity index (χ3v) is 3.12. The molecular weight excluding hydrogens is 302 g/mol. The molecule has 0 aromatic carbocycles. The third-order valence-electron chi connectivity index (χ3n) is 0.475. The van der Waals surface area contributed by atoms with Gasteiger partial charge in [0.25, 0.3) is 0 Å². The van der Waals surface area contributed by atoms with Crippen LogP contribution < -0.4 is 0 Å². The maximum Gasteiger partial charge on any atom is -0.00353 e. The Kier molecular flexibility index (Phi) is 3.88. The molecule has 0 saturated carbocycles. The van der Waals surface area contributed by atoms with Crippen LogP contribution in [0.1, 0.15) is 13.8 Å². The van der Waals surface area contributed by atoms with Crippen LogP contribution in [0.25, 0.3) is 0 Å². The molecule has 0 amide bonds. The summed E-state index contributed by atoms with van der Waals surface area (Å²) in [6.07, 6.45) is 0. The van der Waals surface area contributed by atoms with E-state index in [0.717, 1.165) is 0 Å². The van der Waals surface area contributed by atoms with Crippen LogP contribution in [-0.4, -0.2) is 0 Å². The lowest BCUT2D eigenvalue weighted by atomic mass is 10.6. The Labute approximate surface area is 65.7 Å². The Balaban J connectivity index is 3.68. The van der Waals surface area contributed by atoms with Gasteiger partial charge in [-0.05, 0) is 66.2 Å². The molecule has 0 unspecified atom stereocenters.